The zero-order chi connectivity index (χ0) is 18.1. The van der Waals surface area contributed by atoms with Gasteiger partial charge in [-0.05, 0) is 24.3 Å². The third kappa shape index (κ3) is 3.35. The molecule has 7 nitrogen and oxygen atoms in total. The van der Waals surface area contributed by atoms with Crippen LogP contribution in [0.15, 0.2) is 48.7 Å². The van der Waals surface area contributed by atoms with Crippen LogP contribution in [0.4, 0.5) is 21.8 Å². The summed E-state index contributed by atoms with van der Waals surface area (Å²) in [5.74, 6) is 0.439. The summed E-state index contributed by atoms with van der Waals surface area (Å²) in [6.45, 7) is 0. The van der Waals surface area contributed by atoms with E-state index >= 15 is 0 Å². The van der Waals surface area contributed by atoms with E-state index in [9.17, 15) is 4.39 Å². The van der Waals surface area contributed by atoms with Crippen molar-refractivity contribution in [2.75, 3.05) is 11.1 Å². The Morgan fingerprint density at radius 2 is 2.00 bits per heavy atom. The number of aromatic amines is 1. The van der Waals surface area contributed by atoms with Crippen molar-refractivity contribution in [3.63, 3.8) is 0 Å². The molecule has 9 heteroatoms. The lowest BCUT2D eigenvalue weighted by Crippen LogP contribution is -2.00. The predicted molar refractivity (Wildman–Crippen MR) is 97.3 cm³/mol. The van der Waals surface area contributed by atoms with E-state index in [1.165, 1.54) is 18.2 Å². The molecular weight excluding hydrogens is 359 g/mol. The number of rotatable bonds is 4. The fraction of sp³-hybridized carbons (Fsp3) is 0. The molecule has 0 spiro atoms. The van der Waals surface area contributed by atoms with Crippen LogP contribution < -0.4 is 15.8 Å². The van der Waals surface area contributed by atoms with Crippen LogP contribution in [0.2, 0.25) is 5.15 Å². The minimum atomic E-state index is -0.534. The SMILES string of the molecule is Nc1nc(Cl)cc(Nc2ccc(Oc3ccc4cn[nH]c4c3)c(F)c2)n1. The van der Waals surface area contributed by atoms with Crippen LogP contribution in [0.5, 0.6) is 11.5 Å². The summed E-state index contributed by atoms with van der Waals surface area (Å²) in [4.78, 5) is 7.74. The largest absolute Gasteiger partial charge is 0.454 e. The minimum Gasteiger partial charge on any atom is -0.454 e. The number of halogens is 2. The molecule has 0 aliphatic rings. The smallest absolute Gasteiger partial charge is 0.223 e. The highest BCUT2D eigenvalue weighted by Crippen LogP contribution is 2.29. The van der Waals surface area contributed by atoms with Gasteiger partial charge in [-0.15, -0.1) is 0 Å². The van der Waals surface area contributed by atoms with Gasteiger partial charge < -0.3 is 15.8 Å². The second kappa shape index (κ2) is 6.49. The first-order valence-corrected chi connectivity index (χ1v) is 7.92. The molecule has 0 aliphatic carbocycles. The van der Waals surface area contributed by atoms with Gasteiger partial charge in [-0.25, -0.2) is 9.37 Å². The van der Waals surface area contributed by atoms with Crippen molar-refractivity contribution < 1.29 is 9.13 Å². The van der Waals surface area contributed by atoms with Crippen molar-refractivity contribution in [1.82, 2.24) is 20.2 Å². The summed E-state index contributed by atoms with van der Waals surface area (Å²) in [6.07, 6.45) is 1.70. The zero-order valence-electron chi connectivity index (χ0n) is 13.2. The Balaban J connectivity index is 1.55. The van der Waals surface area contributed by atoms with Crippen molar-refractivity contribution in [3.05, 3.63) is 59.6 Å². The maximum absolute atomic E-state index is 14.4. The first kappa shape index (κ1) is 16.1. The Kier molecular flexibility index (Phi) is 4.02. The molecule has 2 aromatic heterocycles. The second-order valence-electron chi connectivity index (χ2n) is 5.43. The fourth-order valence-electron chi connectivity index (χ4n) is 2.42. The van der Waals surface area contributed by atoms with E-state index in [-0.39, 0.29) is 16.9 Å². The van der Waals surface area contributed by atoms with Crippen LogP contribution in [0, 0.1) is 5.82 Å². The number of fused-ring (bicyclic) bond motifs is 1. The molecule has 0 bridgehead atoms. The van der Waals surface area contributed by atoms with Crippen molar-refractivity contribution in [2.24, 2.45) is 0 Å². The number of nitrogen functional groups attached to an aromatic ring is 1. The van der Waals surface area contributed by atoms with Gasteiger partial charge in [0.1, 0.15) is 16.7 Å². The van der Waals surface area contributed by atoms with E-state index in [1.54, 1.807) is 24.4 Å². The lowest BCUT2D eigenvalue weighted by molar-refractivity contribution is 0.443. The van der Waals surface area contributed by atoms with Crippen LogP contribution in [0.25, 0.3) is 10.9 Å². The van der Waals surface area contributed by atoms with Crippen molar-refractivity contribution in [1.29, 1.82) is 0 Å². The first-order valence-electron chi connectivity index (χ1n) is 7.54. The lowest BCUT2D eigenvalue weighted by atomic mass is 10.2. The van der Waals surface area contributed by atoms with Gasteiger partial charge in [0.25, 0.3) is 0 Å². The highest BCUT2D eigenvalue weighted by molar-refractivity contribution is 6.29. The van der Waals surface area contributed by atoms with Gasteiger partial charge in [-0.3, -0.25) is 5.10 Å². The van der Waals surface area contributed by atoms with E-state index in [0.29, 0.717) is 17.3 Å². The Bertz CT molecular complexity index is 1080. The highest BCUT2D eigenvalue weighted by Gasteiger charge is 2.09. The number of benzene rings is 2. The molecular formula is C17H12ClFN6O. The van der Waals surface area contributed by atoms with Gasteiger partial charge in [0.05, 0.1) is 11.7 Å². The van der Waals surface area contributed by atoms with Crippen LogP contribution in [0.3, 0.4) is 0 Å². The minimum absolute atomic E-state index is 0.0228. The maximum Gasteiger partial charge on any atom is 0.223 e. The number of anilines is 3. The molecule has 0 aliphatic heterocycles. The van der Waals surface area contributed by atoms with Crippen LogP contribution in [0.1, 0.15) is 0 Å². The molecule has 0 saturated heterocycles. The Morgan fingerprint density at radius 1 is 1.12 bits per heavy atom. The molecule has 0 radical (unpaired) electrons. The third-order valence-electron chi connectivity index (χ3n) is 3.56. The molecule has 0 amide bonds. The average Bonchev–Trinajstić information content (AvgIpc) is 3.04. The van der Waals surface area contributed by atoms with E-state index in [1.807, 2.05) is 6.07 Å². The van der Waals surface area contributed by atoms with Crippen LogP contribution in [-0.2, 0) is 0 Å². The molecule has 0 unspecified atom stereocenters. The van der Waals surface area contributed by atoms with Gasteiger partial charge in [0.15, 0.2) is 11.6 Å². The van der Waals surface area contributed by atoms with Gasteiger partial charge >= 0.3 is 0 Å². The van der Waals surface area contributed by atoms with Gasteiger partial charge in [0.2, 0.25) is 5.95 Å². The summed E-state index contributed by atoms with van der Waals surface area (Å²) in [5.41, 5.74) is 6.81. The number of H-pyrrole nitrogens is 1. The number of hydrogen-bond donors (Lipinski definition) is 3. The molecule has 2 aromatic carbocycles. The quantitative estimate of drug-likeness (QED) is 0.464. The van der Waals surface area contributed by atoms with E-state index < -0.39 is 5.82 Å². The van der Waals surface area contributed by atoms with Gasteiger partial charge in [0, 0.05) is 29.3 Å². The number of nitrogens with two attached hydrogens (primary N) is 1. The van der Waals surface area contributed by atoms with Crippen molar-refractivity contribution >= 4 is 40.0 Å². The van der Waals surface area contributed by atoms with Crippen LogP contribution in [-0.4, -0.2) is 20.2 Å². The normalized spacial score (nSPS) is 10.8. The first-order chi connectivity index (χ1) is 12.6. The fourth-order valence-corrected chi connectivity index (χ4v) is 2.61. The molecule has 0 fully saturated rings. The Labute approximate surface area is 152 Å². The lowest BCUT2D eigenvalue weighted by Gasteiger charge is -2.10. The predicted octanol–water partition coefficient (Wildman–Crippen LogP) is 4.26. The third-order valence-corrected chi connectivity index (χ3v) is 3.75. The second-order valence-corrected chi connectivity index (χ2v) is 5.81. The Morgan fingerprint density at radius 3 is 2.81 bits per heavy atom. The molecule has 4 N–H and O–H groups in total. The highest BCUT2D eigenvalue weighted by atomic mass is 35.5. The number of nitrogens with zero attached hydrogens (tertiary/aromatic N) is 3. The summed E-state index contributed by atoms with van der Waals surface area (Å²) < 4.78 is 20.0. The summed E-state index contributed by atoms with van der Waals surface area (Å²) in [6, 6.07) is 11.3. The molecule has 2 heterocycles. The standard InChI is InChI=1S/C17H12ClFN6O/c18-15-7-16(24-17(20)23-15)22-10-2-4-14(12(19)5-10)26-11-3-1-9-8-21-25-13(9)6-11/h1-8H,(H,21,25)(H3,20,22,23,24). The summed E-state index contributed by atoms with van der Waals surface area (Å²) in [7, 11) is 0. The number of aromatic nitrogens is 4. The van der Waals surface area contributed by atoms with Crippen molar-refractivity contribution in [2.45, 2.75) is 0 Å². The molecule has 4 aromatic rings. The van der Waals surface area contributed by atoms with E-state index in [2.05, 4.69) is 25.5 Å². The molecule has 0 atom stereocenters. The summed E-state index contributed by atoms with van der Waals surface area (Å²) in [5, 5.41) is 10.8. The molecule has 130 valence electrons. The Hall–Kier alpha value is -3.39. The monoisotopic (exact) mass is 370 g/mol. The zero-order valence-corrected chi connectivity index (χ0v) is 14.0. The number of hydrogen-bond acceptors (Lipinski definition) is 6. The van der Waals surface area contributed by atoms with Crippen LogP contribution >= 0.6 is 11.6 Å². The number of nitrogens with one attached hydrogen (secondary N) is 2. The summed E-state index contributed by atoms with van der Waals surface area (Å²) >= 11 is 5.82. The molecule has 26 heavy (non-hydrogen) atoms. The number of ether oxygens (including phenoxy) is 1. The van der Waals surface area contributed by atoms with Gasteiger partial charge in [-0.2, -0.15) is 10.1 Å². The van der Waals surface area contributed by atoms with E-state index in [4.69, 9.17) is 22.1 Å². The average molecular weight is 371 g/mol. The van der Waals surface area contributed by atoms with Crippen molar-refractivity contribution in [3.8, 4) is 11.5 Å². The van der Waals surface area contributed by atoms with Gasteiger partial charge in [-0.1, -0.05) is 11.6 Å². The van der Waals surface area contributed by atoms with E-state index in [0.717, 1.165) is 10.9 Å². The maximum atomic E-state index is 14.4. The molecule has 0 saturated carbocycles. The molecule has 4 rings (SSSR count). The topological polar surface area (TPSA) is 102 Å².